The van der Waals surface area contributed by atoms with Gasteiger partial charge in [0.1, 0.15) is 0 Å². The second kappa shape index (κ2) is 5.34. The lowest BCUT2D eigenvalue weighted by molar-refractivity contribution is 0.0851. The standard InChI is InChI=1S/C16H31N3/c1-16(2)7-6-13(15(16)17-3)11-18-9-10-19-8-4-5-14(19)12-18/h13-15,17H,4-12H2,1-3H3. The molecule has 0 amide bonds. The first-order chi connectivity index (χ1) is 9.10. The average molecular weight is 265 g/mol. The van der Waals surface area contributed by atoms with E-state index in [1.165, 1.54) is 58.4 Å². The average Bonchev–Trinajstić information content (AvgIpc) is 2.93. The quantitative estimate of drug-likeness (QED) is 0.839. The van der Waals surface area contributed by atoms with Crippen molar-refractivity contribution < 1.29 is 0 Å². The minimum Gasteiger partial charge on any atom is -0.316 e. The molecule has 0 aromatic heterocycles. The fourth-order valence-corrected chi connectivity index (χ4v) is 4.89. The van der Waals surface area contributed by atoms with Crippen LogP contribution in [0.1, 0.15) is 39.5 Å². The van der Waals surface area contributed by atoms with Crippen LogP contribution in [0.3, 0.4) is 0 Å². The molecule has 3 atom stereocenters. The van der Waals surface area contributed by atoms with Gasteiger partial charge in [-0.25, -0.2) is 0 Å². The van der Waals surface area contributed by atoms with Crippen LogP contribution in [0.2, 0.25) is 0 Å². The zero-order valence-electron chi connectivity index (χ0n) is 13.0. The number of piperazine rings is 1. The highest BCUT2D eigenvalue weighted by atomic mass is 15.3. The van der Waals surface area contributed by atoms with Crippen LogP contribution in [0.4, 0.5) is 0 Å². The zero-order valence-corrected chi connectivity index (χ0v) is 13.0. The number of fused-ring (bicyclic) bond motifs is 1. The summed E-state index contributed by atoms with van der Waals surface area (Å²) in [5.41, 5.74) is 0.481. The van der Waals surface area contributed by atoms with Crippen molar-refractivity contribution in [1.29, 1.82) is 0 Å². The third kappa shape index (κ3) is 2.70. The number of hydrogen-bond donors (Lipinski definition) is 1. The van der Waals surface area contributed by atoms with E-state index in [1.54, 1.807) is 0 Å². The van der Waals surface area contributed by atoms with Crippen LogP contribution >= 0.6 is 0 Å². The van der Waals surface area contributed by atoms with Gasteiger partial charge in [0.05, 0.1) is 0 Å². The molecule has 3 nitrogen and oxygen atoms in total. The van der Waals surface area contributed by atoms with Gasteiger partial charge in [-0.15, -0.1) is 0 Å². The van der Waals surface area contributed by atoms with E-state index in [9.17, 15) is 0 Å². The highest BCUT2D eigenvalue weighted by Crippen LogP contribution is 2.41. The SMILES string of the molecule is CNC1C(CN2CCN3CCCC3C2)CCC1(C)C. The molecule has 1 saturated carbocycles. The van der Waals surface area contributed by atoms with Crippen molar-refractivity contribution in [2.45, 2.75) is 51.6 Å². The highest BCUT2D eigenvalue weighted by molar-refractivity contribution is 4.97. The molecular formula is C16H31N3. The summed E-state index contributed by atoms with van der Waals surface area (Å²) in [6.07, 6.45) is 5.65. The molecule has 0 radical (unpaired) electrons. The van der Waals surface area contributed by atoms with Gasteiger partial charge < -0.3 is 10.2 Å². The van der Waals surface area contributed by atoms with Crippen LogP contribution in [-0.2, 0) is 0 Å². The van der Waals surface area contributed by atoms with Gasteiger partial charge in [-0.05, 0) is 50.6 Å². The third-order valence-electron chi connectivity index (χ3n) is 5.95. The lowest BCUT2D eigenvalue weighted by Gasteiger charge is -2.40. The van der Waals surface area contributed by atoms with Crippen molar-refractivity contribution in [3.05, 3.63) is 0 Å². The Morgan fingerprint density at radius 1 is 1.16 bits per heavy atom. The van der Waals surface area contributed by atoms with Crippen molar-refractivity contribution in [2.75, 3.05) is 39.8 Å². The van der Waals surface area contributed by atoms with Crippen LogP contribution < -0.4 is 5.32 Å². The minimum absolute atomic E-state index is 0.481. The second-order valence-corrected chi connectivity index (χ2v) is 7.65. The zero-order chi connectivity index (χ0) is 13.5. The first-order valence-corrected chi connectivity index (χ1v) is 8.24. The molecule has 0 bridgehead atoms. The molecular weight excluding hydrogens is 234 g/mol. The summed E-state index contributed by atoms with van der Waals surface area (Å²) in [7, 11) is 2.15. The fourth-order valence-electron chi connectivity index (χ4n) is 4.89. The number of nitrogens with zero attached hydrogens (tertiary/aromatic N) is 2. The Bertz CT molecular complexity index is 315. The number of rotatable bonds is 3. The summed E-state index contributed by atoms with van der Waals surface area (Å²) in [6, 6.07) is 1.57. The van der Waals surface area contributed by atoms with Crippen molar-refractivity contribution in [3.63, 3.8) is 0 Å². The first kappa shape index (κ1) is 13.8. The van der Waals surface area contributed by atoms with Crippen LogP contribution in [-0.4, -0.2) is 61.7 Å². The molecule has 110 valence electrons. The molecule has 2 saturated heterocycles. The topological polar surface area (TPSA) is 18.5 Å². The van der Waals surface area contributed by atoms with Crippen LogP contribution in [0, 0.1) is 11.3 Å². The Balaban J connectivity index is 1.57. The molecule has 3 heteroatoms. The van der Waals surface area contributed by atoms with Gasteiger partial charge in [0.2, 0.25) is 0 Å². The first-order valence-electron chi connectivity index (χ1n) is 8.24. The second-order valence-electron chi connectivity index (χ2n) is 7.65. The third-order valence-corrected chi connectivity index (χ3v) is 5.95. The number of hydrogen-bond acceptors (Lipinski definition) is 3. The largest absolute Gasteiger partial charge is 0.316 e. The van der Waals surface area contributed by atoms with Gasteiger partial charge in [0.25, 0.3) is 0 Å². The van der Waals surface area contributed by atoms with Gasteiger partial charge in [-0.1, -0.05) is 13.8 Å². The van der Waals surface area contributed by atoms with Crippen molar-refractivity contribution in [1.82, 2.24) is 15.1 Å². The summed E-state index contributed by atoms with van der Waals surface area (Å²) in [6.45, 7) is 11.5. The molecule has 0 aromatic carbocycles. The molecule has 2 aliphatic heterocycles. The molecule has 1 N–H and O–H groups in total. The summed E-state index contributed by atoms with van der Waals surface area (Å²) in [5, 5.41) is 3.60. The molecule has 0 aromatic rings. The fraction of sp³-hybridized carbons (Fsp3) is 1.00. The Labute approximate surface area is 118 Å². The lowest BCUT2D eigenvalue weighted by atomic mass is 9.84. The normalized spacial score (nSPS) is 39.6. The Morgan fingerprint density at radius 3 is 2.79 bits per heavy atom. The maximum atomic E-state index is 3.60. The molecule has 1 aliphatic carbocycles. The maximum absolute atomic E-state index is 3.60. The van der Waals surface area contributed by atoms with E-state index >= 15 is 0 Å². The van der Waals surface area contributed by atoms with Crippen molar-refractivity contribution in [3.8, 4) is 0 Å². The highest BCUT2D eigenvalue weighted by Gasteiger charge is 2.42. The lowest BCUT2D eigenvalue weighted by Crippen LogP contribution is -2.53. The smallest absolute Gasteiger partial charge is 0.0224 e. The van der Waals surface area contributed by atoms with Crippen molar-refractivity contribution in [2.24, 2.45) is 11.3 Å². The monoisotopic (exact) mass is 265 g/mol. The Morgan fingerprint density at radius 2 is 2.00 bits per heavy atom. The van der Waals surface area contributed by atoms with E-state index in [1.807, 2.05) is 0 Å². The Kier molecular flexibility index (Phi) is 3.89. The van der Waals surface area contributed by atoms with Gasteiger partial charge in [-0.2, -0.15) is 0 Å². The van der Waals surface area contributed by atoms with Crippen molar-refractivity contribution >= 4 is 0 Å². The van der Waals surface area contributed by atoms with E-state index in [2.05, 4.69) is 36.0 Å². The van der Waals surface area contributed by atoms with E-state index in [4.69, 9.17) is 0 Å². The van der Waals surface area contributed by atoms with Gasteiger partial charge >= 0.3 is 0 Å². The number of nitrogens with one attached hydrogen (secondary N) is 1. The molecule has 3 fully saturated rings. The van der Waals surface area contributed by atoms with Gasteiger partial charge in [0, 0.05) is 38.3 Å². The Hall–Kier alpha value is -0.120. The summed E-state index contributed by atoms with van der Waals surface area (Å²) in [4.78, 5) is 5.47. The molecule has 19 heavy (non-hydrogen) atoms. The van der Waals surface area contributed by atoms with Crippen LogP contribution in [0.5, 0.6) is 0 Å². The van der Waals surface area contributed by atoms with E-state index in [-0.39, 0.29) is 0 Å². The minimum atomic E-state index is 0.481. The van der Waals surface area contributed by atoms with Gasteiger partial charge in [-0.3, -0.25) is 4.90 Å². The molecule has 2 heterocycles. The maximum Gasteiger partial charge on any atom is 0.0224 e. The van der Waals surface area contributed by atoms with Gasteiger partial charge in [0.15, 0.2) is 0 Å². The molecule has 3 unspecified atom stereocenters. The van der Waals surface area contributed by atoms with E-state index in [0.29, 0.717) is 11.5 Å². The van der Waals surface area contributed by atoms with E-state index < -0.39 is 0 Å². The molecule has 3 aliphatic rings. The summed E-state index contributed by atoms with van der Waals surface area (Å²) in [5.74, 6) is 0.855. The predicted octanol–water partition coefficient (Wildman–Crippen LogP) is 1.79. The summed E-state index contributed by atoms with van der Waals surface area (Å²) < 4.78 is 0. The summed E-state index contributed by atoms with van der Waals surface area (Å²) >= 11 is 0. The molecule has 3 rings (SSSR count). The molecule has 0 spiro atoms. The predicted molar refractivity (Wildman–Crippen MR) is 80.4 cm³/mol. The van der Waals surface area contributed by atoms with Crippen LogP contribution in [0.25, 0.3) is 0 Å². The van der Waals surface area contributed by atoms with E-state index in [0.717, 1.165) is 12.0 Å². The van der Waals surface area contributed by atoms with Crippen LogP contribution in [0.15, 0.2) is 0 Å².